The number of halogens is 3. The Morgan fingerprint density at radius 2 is 2.40 bits per heavy atom. The second-order valence-electron chi connectivity index (χ2n) is 2.84. The maximum Gasteiger partial charge on any atom is 0.255 e. The Morgan fingerprint density at radius 3 is 2.93 bits per heavy atom. The van der Waals surface area contributed by atoms with Gasteiger partial charge in [0.15, 0.2) is 10.9 Å². The molecule has 0 N–H and O–H groups in total. The van der Waals surface area contributed by atoms with Crippen LogP contribution < -0.4 is 4.90 Å². The molecule has 0 aliphatic heterocycles. The van der Waals surface area contributed by atoms with Crippen LogP contribution in [0.1, 0.15) is 10.5 Å². The average molecular weight is 255 g/mol. The SMILES string of the molecule is CN(CC(F)F)c1nc(C(=O)CCl)cs1. The Balaban J connectivity index is 2.71. The third-order valence-electron chi connectivity index (χ3n) is 1.64. The quantitative estimate of drug-likeness (QED) is 0.597. The van der Waals surface area contributed by atoms with Crippen molar-refractivity contribution in [2.24, 2.45) is 0 Å². The number of Topliss-reactive ketones (excluding diaryl/α,β-unsaturated/α-hetero) is 1. The first kappa shape index (κ1) is 12.3. The summed E-state index contributed by atoms with van der Waals surface area (Å²) < 4.78 is 24.1. The average Bonchev–Trinajstić information content (AvgIpc) is 2.64. The topological polar surface area (TPSA) is 33.2 Å². The first-order chi connectivity index (χ1) is 7.04. The van der Waals surface area contributed by atoms with Gasteiger partial charge in [0.05, 0.1) is 12.4 Å². The fraction of sp³-hybridized carbons (Fsp3) is 0.500. The minimum Gasteiger partial charge on any atom is -0.345 e. The number of nitrogens with zero attached hydrogens (tertiary/aromatic N) is 2. The lowest BCUT2D eigenvalue weighted by atomic mass is 10.3. The van der Waals surface area contributed by atoms with E-state index >= 15 is 0 Å². The van der Waals surface area contributed by atoms with Gasteiger partial charge in [-0.1, -0.05) is 0 Å². The third-order valence-corrected chi connectivity index (χ3v) is 2.84. The lowest BCUT2D eigenvalue weighted by Gasteiger charge is -2.14. The highest BCUT2D eigenvalue weighted by Gasteiger charge is 2.14. The molecule has 1 rings (SSSR count). The number of carbonyl (C=O) groups excluding carboxylic acids is 1. The van der Waals surface area contributed by atoms with Crippen LogP contribution in [-0.2, 0) is 0 Å². The molecule has 0 saturated heterocycles. The van der Waals surface area contributed by atoms with Gasteiger partial charge >= 0.3 is 0 Å². The van der Waals surface area contributed by atoms with Gasteiger partial charge in [0, 0.05) is 12.4 Å². The highest BCUT2D eigenvalue weighted by Crippen LogP contribution is 2.20. The van der Waals surface area contributed by atoms with E-state index in [1.54, 1.807) is 0 Å². The first-order valence-corrected chi connectivity index (χ1v) is 5.50. The molecule has 0 aliphatic carbocycles. The van der Waals surface area contributed by atoms with E-state index in [0.717, 1.165) is 11.3 Å². The van der Waals surface area contributed by atoms with Crippen molar-refractivity contribution >= 4 is 33.9 Å². The number of carbonyl (C=O) groups is 1. The zero-order chi connectivity index (χ0) is 11.4. The molecule has 0 bridgehead atoms. The molecule has 3 nitrogen and oxygen atoms in total. The summed E-state index contributed by atoms with van der Waals surface area (Å²) in [5, 5.41) is 1.91. The molecule has 0 spiro atoms. The fourth-order valence-corrected chi connectivity index (χ4v) is 1.86. The highest BCUT2D eigenvalue weighted by molar-refractivity contribution is 7.13. The van der Waals surface area contributed by atoms with Crippen LogP contribution in [0.3, 0.4) is 0 Å². The summed E-state index contributed by atoms with van der Waals surface area (Å²) in [5.41, 5.74) is 0.228. The van der Waals surface area contributed by atoms with Gasteiger partial charge in [-0.3, -0.25) is 4.79 Å². The van der Waals surface area contributed by atoms with Crippen LogP contribution in [-0.4, -0.2) is 36.7 Å². The van der Waals surface area contributed by atoms with Crippen LogP contribution >= 0.6 is 22.9 Å². The number of hydrogen-bond donors (Lipinski definition) is 0. The van der Waals surface area contributed by atoms with Crippen LogP contribution in [0.25, 0.3) is 0 Å². The first-order valence-electron chi connectivity index (χ1n) is 4.08. The predicted molar refractivity (Wildman–Crippen MR) is 56.4 cm³/mol. The summed E-state index contributed by atoms with van der Waals surface area (Å²) in [5.74, 6) is -0.452. The molecule has 7 heteroatoms. The van der Waals surface area contributed by atoms with E-state index in [2.05, 4.69) is 4.98 Å². The van der Waals surface area contributed by atoms with Crippen LogP contribution in [0, 0.1) is 0 Å². The number of ketones is 1. The lowest BCUT2D eigenvalue weighted by Crippen LogP contribution is -2.23. The van der Waals surface area contributed by atoms with Gasteiger partial charge in [0.1, 0.15) is 5.69 Å². The van der Waals surface area contributed by atoms with E-state index in [0.29, 0.717) is 5.13 Å². The molecule has 1 aromatic heterocycles. The fourth-order valence-electron chi connectivity index (χ4n) is 0.921. The van der Waals surface area contributed by atoms with Gasteiger partial charge in [0.25, 0.3) is 6.43 Å². The van der Waals surface area contributed by atoms with E-state index in [-0.39, 0.29) is 17.4 Å². The summed E-state index contributed by atoms with van der Waals surface area (Å²) in [6.45, 7) is -0.401. The Hall–Kier alpha value is -0.750. The van der Waals surface area contributed by atoms with E-state index < -0.39 is 13.0 Å². The number of hydrogen-bond acceptors (Lipinski definition) is 4. The Bertz CT molecular complexity index is 345. The van der Waals surface area contributed by atoms with Gasteiger partial charge in [-0.2, -0.15) is 0 Å². The molecular formula is C8H9ClF2N2OS. The molecule has 15 heavy (non-hydrogen) atoms. The normalized spacial score (nSPS) is 10.7. The van der Waals surface area contributed by atoms with Crippen LogP contribution in [0.15, 0.2) is 5.38 Å². The number of rotatable bonds is 5. The number of anilines is 1. The van der Waals surface area contributed by atoms with E-state index in [1.165, 1.54) is 17.3 Å². The number of alkyl halides is 3. The van der Waals surface area contributed by atoms with Gasteiger partial charge in [-0.05, 0) is 0 Å². The summed E-state index contributed by atoms with van der Waals surface area (Å²) in [7, 11) is 1.50. The van der Waals surface area contributed by atoms with Crippen LogP contribution in [0.2, 0.25) is 0 Å². The van der Waals surface area contributed by atoms with E-state index in [9.17, 15) is 13.6 Å². The van der Waals surface area contributed by atoms with Gasteiger partial charge in [0.2, 0.25) is 0 Å². The summed E-state index contributed by atoms with van der Waals surface area (Å²) in [4.78, 5) is 16.3. The minimum atomic E-state index is -2.42. The predicted octanol–water partition coefficient (Wildman–Crippen LogP) is 2.27. The second kappa shape index (κ2) is 5.37. The Morgan fingerprint density at radius 1 is 1.73 bits per heavy atom. The summed E-state index contributed by atoms with van der Waals surface area (Å²) >= 11 is 6.49. The zero-order valence-electron chi connectivity index (χ0n) is 7.91. The Labute approximate surface area is 94.7 Å². The van der Waals surface area contributed by atoms with Crippen molar-refractivity contribution in [3.63, 3.8) is 0 Å². The monoisotopic (exact) mass is 254 g/mol. The van der Waals surface area contributed by atoms with Gasteiger partial charge in [-0.15, -0.1) is 22.9 Å². The maximum absolute atomic E-state index is 12.0. The van der Waals surface area contributed by atoms with Crippen LogP contribution in [0.5, 0.6) is 0 Å². The lowest BCUT2D eigenvalue weighted by molar-refractivity contribution is 0.101. The molecule has 0 radical (unpaired) electrons. The molecule has 0 atom stereocenters. The second-order valence-corrected chi connectivity index (χ2v) is 3.95. The molecule has 84 valence electrons. The molecule has 0 amide bonds. The molecule has 1 aromatic rings. The Kier molecular flexibility index (Phi) is 4.41. The molecule has 1 heterocycles. The highest BCUT2D eigenvalue weighted by atomic mass is 35.5. The van der Waals surface area contributed by atoms with Crippen molar-refractivity contribution < 1.29 is 13.6 Å². The van der Waals surface area contributed by atoms with E-state index in [4.69, 9.17) is 11.6 Å². The van der Waals surface area contributed by atoms with Crippen molar-refractivity contribution in [2.45, 2.75) is 6.43 Å². The number of aromatic nitrogens is 1. The van der Waals surface area contributed by atoms with Crippen LogP contribution in [0.4, 0.5) is 13.9 Å². The van der Waals surface area contributed by atoms with Crippen molar-refractivity contribution in [1.82, 2.24) is 4.98 Å². The largest absolute Gasteiger partial charge is 0.345 e. The minimum absolute atomic E-state index is 0.151. The molecule has 0 fully saturated rings. The molecule has 0 unspecified atom stereocenters. The molecule has 0 saturated carbocycles. The zero-order valence-corrected chi connectivity index (χ0v) is 9.49. The van der Waals surface area contributed by atoms with Crippen molar-refractivity contribution in [2.75, 3.05) is 24.4 Å². The van der Waals surface area contributed by atoms with Crippen molar-refractivity contribution in [3.8, 4) is 0 Å². The van der Waals surface area contributed by atoms with E-state index in [1.807, 2.05) is 0 Å². The van der Waals surface area contributed by atoms with Crippen molar-refractivity contribution in [3.05, 3.63) is 11.1 Å². The molecule has 0 aromatic carbocycles. The summed E-state index contributed by atoms with van der Waals surface area (Å²) in [6, 6.07) is 0. The van der Waals surface area contributed by atoms with Gasteiger partial charge in [-0.25, -0.2) is 13.8 Å². The third kappa shape index (κ3) is 3.39. The molecular weight excluding hydrogens is 246 g/mol. The maximum atomic E-state index is 12.0. The smallest absolute Gasteiger partial charge is 0.255 e. The molecule has 0 aliphatic rings. The van der Waals surface area contributed by atoms with Crippen molar-refractivity contribution in [1.29, 1.82) is 0 Å². The standard InChI is InChI=1S/C8H9ClF2N2OS/c1-13(3-7(10)11)8-12-5(4-15-8)6(14)2-9/h4,7H,2-3H2,1H3. The number of thiazole rings is 1. The van der Waals surface area contributed by atoms with Gasteiger partial charge < -0.3 is 4.90 Å². The summed E-state index contributed by atoms with van der Waals surface area (Å²) in [6.07, 6.45) is -2.42.